The number of carbonyl (C=O) groups is 1. The Bertz CT molecular complexity index is 1670. The van der Waals surface area contributed by atoms with Crippen LogP contribution in [0.5, 0.6) is 11.5 Å². The number of hydrazone groups is 1. The normalized spacial score (nSPS) is 14.4. The van der Waals surface area contributed by atoms with E-state index in [9.17, 15) is 13.2 Å². The van der Waals surface area contributed by atoms with Crippen molar-refractivity contribution < 1.29 is 22.1 Å². The first-order valence-corrected chi connectivity index (χ1v) is 14.6. The number of anilines is 1. The Kier molecular flexibility index (Phi) is 7.80. The summed E-state index contributed by atoms with van der Waals surface area (Å²) in [4.78, 5) is 13.6. The van der Waals surface area contributed by atoms with Crippen LogP contribution in [0.1, 0.15) is 18.1 Å². The molecule has 1 aliphatic rings. The minimum atomic E-state index is -4.08. The first-order valence-electron chi connectivity index (χ1n) is 12.1. The average molecular weight is 650 g/mol. The molecule has 0 spiro atoms. The third kappa shape index (κ3) is 5.74. The van der Waals surface area contributed by atoms with Crippen LogP contribution in [0, 0.1) is 3.57 Å². The van der Waals surface area contributed by atoms with Gasteiger partial charge in [-0.05, 0) is 77.6 Å². The summed E-state index contributed by atoms with van der Waals surface area (Å²) < 4.78 is 37.7. The predicted molar refractivity (Wildman–Crippen MR) is 159 cm³/mol. The summed E-state index contributed by atoms with van der Waals surface area (Å²) in [6.45, 7) is 2.08. The lowest BCUT2D eigenvalue weighted by molar-refractivity contribution is -0.114. The molecule has 0 N–H and O–H groups in total. The molecule has 4 aromatic carbocycles. The molecule has 0 saturated heterocycles. The van der Waals surface area contributed by atoms with Gasteiger partial charge in [0.05, 0.1) is 21.4 Å². The van der Waals surface area contributed by atoms with Gasteiger partial charge >= 0.3 is 10.1 Å². The van der Waals surface area contributed by atoms with Crippen molar-refractivity contribution in [1.82, 2.24) is 0 Å². The molecule has 7 nitrogen and oxygen atoms in total. The number of nitrogens with zero attached hydrogens (tertiary/aromatic N) is 2. The summed E-state index contributed by atoms with van der Waals surface area (Å²) in [5.74, 6) is 0.0587. The van der Waals surface area contributed by atoms with Gasteiger partial charge in [0.2, 0.25) is 0 Å². The van der Waals surface area contributed by atoms with E-state index in [1.807, 2.05) is 83.3 Å². The molecule has 0 bridgehead atoms. The topological polar surface area (TPSA) is 85.3 Å². The third-order valence-corrected chi connectivity index (χ3v) is 7.83. The zero-order valence-corrected chi connectivity index (χ0v) is 23.8. The molecule has 9 heteroatoms. The van der Waals surface area contributed by atoms with Gasteiger partial charge in [-0.1, -0.05) is 66.7 Å². The number of benzene rings is 4. The van der Waals surface area contributed by atoms with E-state index in [4.69, 9.17) is 8.92 Å². The zero-order valence-electron chi connectivity index (χ0n) is 20.8. The van der Waals surface area contributed by atoms with Crippen LogP contribution in [0.2, 0.25) is 0 Å². The molecular weight excluding hydrogens is 627 g/mol. The molecule has 1 amide bonds. The fourth-order valence-electron chi connectivity index (χ4n) is 4.02. The second-order valence-corrected chi connectivity index (χ2v) is 11.1. The second-order valence-electron chi connectivity index (χ2n) is 8.44. The third-order valence-electron chi connectivity index (χ3n) is 5.79. The zero-order chi connectivity index (χ0) is 27.4. The molecule has 0 radical (unpaired) electrons. The van der Waals surface area contributed by atoms with E-state index >= 15 is 0 Å². The Hall–Kier alpha value is -3.96. The highest BCUT2D eigenvalue weighted by atomic mass is 127. The van der Waals surface area contributed by atoms with Crippen LogP contribution in [0.4, 0.5) is 5.69 Å². The summed E-state index contributed by atoms with van der Waals surface area (Å²) in [5.41, 5.74) is 3.01. The van der Waals surface area contributed by atoms with Gasteiger partial charge in [0.25, 0.3) is 5.91 Å². The maximum Gasteiger partial charge on any atom is 0.339 e. The van der Waals surface area contributed by atoms with Gasteiger partial charge in [0.1, 0.15) is 10.6 Å². The van der Waals surface area contributed by atoms with Gasteiger partial charge in [-0.2, -0.15) is 18.5 Å². The van der Waals surface area contributed by atoms with E-state index in [-0.39, 0.29) is 28.9 Å². The molecule has 5 rings (SSSR count). The van der Waals surface area contributed by atoms with Crippen molar-refractivity contribution in [3.63, 3.8) is 0 Å². The molecule has 0 fully saturated rings. The number of ether oxygens (including phenoxy) is 1. The molecule has 1 aliphatic heterocycles. The van der Waals surface area contributed by atoms with E-state index in [0.29, 0.717) is 26.1 Å². The summed E-state index contributed by atoms with van der Waals surface area (Å²) in [6, 6.07) is 30.0. The molecule has 0 unspecified atom stereocenters. The van der Waals surface area contributed by atoms with Crippen molar-refractivity contribution in [3.8, 4) is 11.5 Å². The van der Waals surface area contributed by atoms with Crippen LogP contribution in [0.25, 0.3) is 6.08 Å². The van der Waals surface area contributed by atoms with Crippen molar-refractivity contribution in [2.45, 2.75) is 11.8 Å². The Balaban J connectivity index is 1.57. The van der Waals surface area contributed by atoms with Crippen molar-refractivity contribution >= 4 is 56.1 Å². The number of halogens is 1. The molecule has 4 aromatic rings. The van der Waals surface area contributed by atoms with Gasteiger partial charge in [0, 0.05) is 5.56 Å². The monoisotopic (exact) mass is 650 g/mol. The molecule has 0 atom stereocenters. The lowest BCUT2D eigenvalue weighted by Crippen LogP contribution is -2.21. The fraction of sp³-hybridized carbons (Fsp3) is 0.0667. The summed E-state index contributed by atoms with van der Waals surface area (Å²) in [7, 11) is -4.08. The van der Waals surface area contributed by atoms with E-state index in [2.05, 4.69) is 5.10 Å². The summed E-state index contributed by atoms with van der Waals surface area (Å²) >= 11 is 2.01. The van der Waals surface area contributed by atoms with Crippen LogP contribution in [0.3, 0.4) is 0 Å². The Morgan fingerprint density at radius 1 is 0.897 bits per heavy atom. The van der Waals surface area contributed by atoms with Crippen molar-refractivity contribution in [2.24, 2.45) is 5.10 Å². The smallest absolute Gasteiger partial charge is 0.339 e. The number of carbonyl (C=O) groups excluding carboxylic acids is 1. The standard InChI is InChI=1S/C30H23IN2O5S/c1-2-37-27-20-21(19-26(31)29(27)38-39(35,36)24-16-10-5-11-17-24)18-25-28(22-12-6-3-7-13-22)32-33(30(25)34)23-14-8-4-9-15-23/h3-20H,2H2,1H3/b25-18-. The maximum atomic E-state index is 13.6. The molecule has 39 heavy (non-hydrogen) atoms. The predicted octanol–water partition coefficient (Wildman–Crippen LogP) is 6.29. The summed E-state index contributed by atoms with van der Waals surface area (Å²) in [5, 5.41) is 6.04. The first-order chi connectivity index (χ1) is 18.9. The SMILES string of the molecule is CCOc1cc(/C=C2\C(=O)N(c3ccccc3)N=C2c2ccccc2)cc(I)c1OS(=O)(=O)c1ccccc1. The van der Waals surface area contributed by atoms with Crippen LogP contribution >= 0.6 is 22.6 Å². The number of hydrogen-bond acceptors (Lipinski definition) is 6. The fourth-order valence-corrected chi connectivity index (χ4v) is 5.89. The lowest BCUT2D eigenvalue weighted by Gasteiger charge is -2.15. The minimum absolute atomic E-state index is 0.0377. The largest absolute Gasteiger partial charge is 0.490 e. The number of amides is 1. The second kappa shape index (κ2) is 11.4. The van der Waals surface area contributed by atoms with E-state index in [1.165, 1.54) is 17.1 Å². The van der Waals surface area contributed by atoms with E-state index in [1.54, 1.807) is 43.3 Å². The van der Waals surface area contributed by atoms with Gasteiger partial charge in [-0.3, -0.25) is 4.79 Å². The van der Waals surface area contributed by atoms with Gasteiger partial charge in [-0.25, -0.2) is 0 Å². The minimum Gasteiger partial charge on any atom is -0.490 e. The first kappa shape index (κ1) is 26.6. The van der Waals surface area contributed by atoms with Crippen LogP contribution in [0.15, 0.2) is 119 Å². The van der Waals surface area contributed by atoms with Crippen LogP contribution < -0.4 is 13.9 Å². The Morgan fingerprint density at radius 3 is 2.15 bits per heavy atom. The molecule has 1 heterocycles. The highest BCUT2D eigenvalue weighted by Crippen LogP contribution is 2.37. The van der Waals surface area contributed by atoms with Gasteiger partial charge in [-0.15, -0.1) is 0 Å². The lowest BCUT2D eigenvalue weighted by atomic mass is 10.00. The Morgan fingerprint density at radius 2 is 1.51 bits per heavy atom. The van der Waals surface area contributed by atoms with Crippen molar-refractivity contribution in [3.05, 3.63) is 123 Å². The van der Waals surface area contributed by atoms with Crippen molar-refractivity contribution in [1.29, 1.82) is 0 Å². The van der Waals surface area contributed by atoms with Gasteiger partial charge in [0.15, 0.2) is 11.5 Å². The highest BCUT2D eigenvalue weighted by Gasteiger charge is 2.32. The van der Waals surface area contributed by atoms with E-state index < -0.39 is 10.1 Å². The average Bonchev–Trinajstić information content (AvgIpc) is 3.28. The van der Waals surface area contributed by atoms with Gasteiger partial charge < -0.3 is 8.92 Å². The molecule has 0 aromatic heterocycles. The maximum absolute atomic E-state index is 13.6. The highest BCUT2D eigenvalue weighted by molar-refractivity contribution is 14.1. The number of rotatable bonds is 8. The number of para-hydroxylation sites is 1. The Labute approximate surface area is 240 Å². The molecular formula is C30H23IN2O5S. The number of hydrogen-bond donors (Lipinski definition) is 0. The summed E-state index contributed by atoms with van der Waals surface area (Å²) in [6.07, 6.45) is 1.73. The molecule has 0 aliphatic carbocycles. The van der Waals surface area contributed by atoms with E-state index in [0.717, 1.165) is 5.56 Å². The quantitative estimate of drug-likeness (QED) is 0.127. The van der Waals surface area contributed by atoms with Crippen LogP contribution in [-0.2, 0) is 14.9 Å². The van der Waals surface area contributed by atoms with Crippen molar-refractivity contribution in [2.75, 3.05) is 11.6 Å². The molecule has 196 valence electrons. The molecule has 0 saturated carbocycles. The van der Waals surface area contributed by atoms with Crippen LogP contribution in [-0.4, -0.2) is 26.6 Å².